The van der Waals surface area contributed by atoms with Crippen molar-refractivity contribution in [2.75, 3.05) is 12.4 Å². The summed E-state index contributed by atoms with van der Waals surface area (Å²) in [5, 5.41) is 2.81. The van der Waals surface area contributed by atoms with Crippen LogP contribution in [0.1, 0.15) is 26.5 Å². The number of amides is 1. The van der Waals surface area contributed by atoms with Crippen molar-refractivity contribution in [1.82, 2.24) is 0 Å². The van der Waals surface area contributed by atoms with E-state index in [1.54, 1.807) is 36.4 Å². The van der Waals surface area contributed by atoms with Gasteiger partial charge in [0, 0.05) is 5.69 Å². The van der Waals surface area contributed by atoms with Gasteiger partial charge in [0.2, 0.25) is 0 Å². The van der Waals surface area contributed by atoms with Gasteiger partial charge in [0.15, 0.2) is 5.76 Å². The topological polar surface area (TPSA) is 77.8 Å². The molecule has 6 nitrogen and oxygen atoms in total. The number of carbonyl (C=O) groups is 2. The number of hydrogen-bond acceptors (Lipinski definition) is 5. The van der Waals surface area contributed by atoms with E-state index < -0.39 is 5.97 Å². The third kappa shape index (κ3) is 3.92. The third-order valence-electron chi connectivity index (χ3n) is 3.67. The lowest BCUT2D eigenvalue weighted by Crippen LogP contribution is -2.14. The summed E-state index contributed by atoms with van der Waals surface area (Å²) in [7, 11) is 1.29. The number of furan rings is 1. The molecule has 0 unspecified atom stereocenters. The quantitative estimate of drug-likeness (QED) is 0.682. The van der Waals surface area contributed by atoms with Crippen LogP contribution in [-0.2, 0) is 11.3 Å². The van der Waals surface area contributed by atoms with Crippen LogP contribution < -0.4 is 10.1 Å². The van der Waals surface area contributed by atoms with E-state index >= 15 is 0 Å². The van der Waals surface area contributed by atoms with Gasteiger partial charge in [-0.1, -0.05) is 30.3 Å². The summed E-state index contributed by atoms with van der Waals surface area (Å²) in [6, 6.07) is 17.5. The smallest absolute Gasteiger partial charge is 0.341 e. The fourth-order valence-electron chi connectivity index (χ4n) is 2.39. The number of methoxy groups -OCH3 is 1. The number of nitrogens with one attached hydrogen (secondary N) is 1. The molecule has 1 aromatic heterocycles. The lowest BCUT2D eigenvalue weighted by Gasteiger charge is -2.11. The maximum absolute atomic E-state index is 12.5. The minimum Gasteiger partial charge on any atom is -0.485 e. The van der Waals surface area contributed by atoms with Gasteiger partial charge in [-0.2, -0.15) is 0 Å². The largest absolute Gasteiger partial charge is 0.485 e. The Hall–Kier alpha value is -3.54. The molecule has 0 bridgehead atoms. The number of rotatable bonds is 6. The summed E-state index contributed by atoms with van der Waals surface area (Å²) >= 11 is 0. The molecule has 0 radical (unpaired) electrons. The van der Waals surface area contributed by atoms with Gasteiger partial charge in [0.25, 0.3) is 5.91 Å². The molecular weight excluding hydrogens is 334 g/mol. The first-order valence-corrected chi connectivity index (χ1v) is 7.92. The predicted molar refractivity (Wildman–Crippen MR) is 95.2 cm³/mol. The Bertz CT molecular complexity index is 901. The molecule has 0 aliphatic rings. The van der Waals surface area contributed by atoms with E-state index in [0.29, 0.717) is 28.3 Å². The fourth-order valence-corrected chi connectivity index (χ4v) is 2.39. The van der Waals surface area contributed by atoms with Gasteiger partial charge in [0.1, 0.15) is 17.9 Å². The van der Waals surface area contributed by atoms with Gasteiger partial charge < -0.3 is 19.2 Å². The van der Waals surface area contributed by atoms with E-state index in [1.807, 2.05) is 18.2 Å². The van der Waals surface area contributed by atoms with Gasteiger partial charge in [-0.3, -0.25) is 4.79 Å². The maximum Gasteiger partial charge on any atom is 0.341 e. The normalized spacial score (nSPS) is 10.2. The van der Waals surface area contributed by atoms with Crippen LogP contribution in [0.4, 0.5) is 5.69 Å². The summed E-state index contributed by atoms with van der Waals surface area (Å²) in [6.45, 7) is -0.00688. The first-order chi connectivity index (χ1) is 12.7. The van der Waals surface area contributed by atoms with Crippen molar-refractivity contribution >= 4 is 17.6 Å². The Morgan fingerprint density at radius 2 is 1.69 bits per heavy atom. The summed E-state index contributed by atoms with van der Waals surface area (Å²) in [4.78, 5) is 24.2. The maximum atomic E-state index is 12.5. The van der Waals surface area contributed by atoms with E-state index in [1.165, 1.54) is 19.4 Å². The first-order valence-electron chi connectivity index (χ1n) is 7.92. The Morgan fingerprint density at radius 3 is 2.46 bits per heavy atom. The third-order valence-corrected chi connectivity index (χ3v) is 3.67. The predicted octanol–water partition coefficient (Wildman–Crippen LogP) is 3.90. The van der Waals surface area contributed by atoms with Crippen molar-refractivity contribution < 1.29 is 23.5 Å². The van der Waals surface area contributed by atoms with E-state index in [0.717, 1.165) is 0 Å². The van der Waals surface area contributed by atoms with E-state index in [4.69, 9.17) is 13.9 Å². The Morgan fingerprint density at radius 1 is 0.962 bits per heavy atom. The molecule has 0 fully saturated rings. The minimum atomic E-state index is -0.507. The molecule has 26 heavy (non-hydrogen) atoms. The van der Waals surface area contributed by atoms with Gasteiger partial charge in [-0.15, -0.1) is 0 Å². The number of carbonyl (C=O) groups excluding carboxylic acids is 2. The lowest BCUT2D eigenvalue weighted by atomic mass is 10.2. The molecule has 1 N–H and O–H groups in total. The fraction of sp³-hybridized carbons (Fsp3) is 0.100. The zero-order valence-electron chi connectivity index (χ0n) is 14.1. The van der Waals surface area contributed by atoms with Gasteiger partial charge in [-0.25, -0.2) is 4.79 Å². The second kappa shape index (κ2) is 8.02. The van der Waals surface area contributed by atoms with Gasteiger partial charge >= 0.3 is 5.97 Å². The molecule has 1 heterocycles. The van der Waals surface area contributed by atoms with Crippen LogP contribution in [0.15, 0.2) is 71.3 Å². The number of ether oxygens (including phenoxy) is 2. The standard InChI is InChI=1S/C20H17NO5/c1-24-20(23)16-11-12-25-18(16)13-26-17-10-6-5-9-15(17)19(22)21-14-7-3-2-4-8-14/h2-12H,13H2,1H3,(H,21,22). The van der Waals surface area contributed by atoms with Crippen molar-refractivity contribution in [3.05, 3.63) is 83.8 Å². The van der Waals surface area contributed by atoms with Crippen molar-refractivity contribution in [1.29, 1.82) is 0 Å². The SMILES string of the molecule is COC(=O)c1ccoc1COc1ccccc1C(=O)Nc1ccccc1. The van der Waals surface area contributed by atoms with E-state index in [9.17, 15) is 9.59 Å². The average molecular weight is 351 g/mol. The van der Waals surface area contributed by atoms with Crippen LogP contribution in [0.25, 0.3) is 0 Å². The first kappa shape index (κ1) is 17.3. The highest BCUT2D eigenvalue weighted by Gasteiger charge is 2.17. The lowest BCUT2D eigenvalue weighted by molar-refractivity contribution is 0.0595. The molecule has 0 aliphatic heterocycles. The van der Waals surface area contributed by atoms with Crippen LogP contribution >= 0.6 is 0 Å². The molecule has 6 heteroatoms. The monoisotopic (exact) mass is 351 g/mol. The molecule has 132 valence electrons. The molecule has 0 aliphatic carbocycles. The number of esters is 1. The summed E-state index contributed by atoms with van der Waals surface area (Å²) in [6.07, 6.45) is 1.39. The minimum absolute atomic E-state index is 0.00688. The van der Waals surface area contributed by atoms with Crippen LogP contribution in [-0.4, -0.2) is 19.0 Å². The highest BCUT2D eigenvalue weighted by molar-refractivity contribution is 6.06. The van der Waals surface area contributed by atoms with Crippen molar-refractivity contribution in [3.63, 3.8) is 0 Å². The zero-order chi connectivity index (χ0) is 18.4. The van der Waals surface area contributed by atoms with E-state index in [2.05, 4.69) is 5.32 Å². The summed E-state index contributed by atoms with van der Waals surface area (Å²) < 4.78 is 15.7. The molecular formula is C20H17NO5. The number of benzene rings is 2. The molecule has 0 atom stereocenters. The average Bonchev–Trinajstić information content (AvgIpc) is 3.15. The highest BCUT2D eigenvalue weighted by Crippen LogP contribution is 2.22. The Kier molecular flexibility index (Phi) is 5.34. The molecule has 3 aromatic rings. The van der Waals surface area contributed by atoms with Crippen molar-refractivity contribution in [2.45, 2.75) is 6.61 Å². The van der Waals surface area contributed by atoms with Gasteiger partial charge in [-0.05, 0) is 30.3 Å². The number of para-hydroxylation sites is 2. The molecule has 1 amide bonds. The summed E-state index contributed by atoms with van der Waals surface area (Å²) in [5.74, 6) is -0.0878. The molecule has 0 spiro atoms. The van der Waals surface area contributed by atoms with Crippen LogP contribution in [0, 0.1) is 0 Å². The van der Waals surface area contributed by atoms with E-state index in [-0.39, 0.29) is 12.5 Å². The van der Waals surface area contributed by atoms with Crippen LogP contribution in [0.5, 0.6) is 5.75 Å². The van der Waals surface area contributed by atoms with Crippen molar-refractivity contribution in [3.8, 4) is 5.75 Å². The van der Waals surface area contributed by atoms with Crippen molar-refractivity contribution in [2.24, 2.45) is 0 Å². The molecule has 3 rings (SSSR count). The number of hydrogen-bond donors (Lipinski definition) is 1. The Balaban J connectivity index is 1.75. The highest BCUT2D eigenvalue weighted by atomic mass is 16.5. The van der Waals surface area contributed by atoms with Crippen LogP contribution in [0.2, 0.25) is 0 Å². The molecule has 0 saturated heterocycles. The molecule has 0 saturated carbocycles. The second-order valence-corrected chi connectivity index (χ2v) is 5.35. The molecule has 2 aromatic carbocycles. The number of anilines is 1. The Labute approximate surface area is 150 Å². The second-order valence-electron chi connectivity index (χ2n) is 5.35. The van der Waals surface area contributed by atoms with Crippen LogP contribution in [0.3, 0.4) is 0 Å². The van der Waals surface area contributed by atoms with Gasteiger partial charge in [0.05, 0.1) is 18.9 Å². The summed E-state index contributed by atoms with van der Waals surface area (Å²) in [5.41, 5.74) is 1.35. The zero-order valence-corrected chi connectivity index (χ0v) is 14.1.